The Hall–Kier alpha value is -1.63. The summed E-state index contributed by atoms with van der Waals surface area (Å²) < 4.78 is 6.09. The number of rotatable bonds is 3. The molecule has 6 nitrogen and oxygen atoms in total. The number of phenolic OH excluding ortho intramolecular Hbond substituents is 1. The van der Waals surface area contributed by atoms with E-state index in [1.165, 1.54) is 0 Å². The van der Waals surface area contributed by atoms with Crippen LogP contribution in [0, 0.1) is 12.3 Å². The maximum Gasteiger partial charge on any atom is 0.257 e. The molecule has 3 aliphatic rings. The number of ether oxygens (including phenoxy) is 1. The summed E-state index contributed by atoms with van der Waals surface area (Å²) in [6, 6.07) is 5.17. The highest BCUT2D eigenvalue weighted by Crippen LogP contribution is 2.42. The third kappa shape index (κ3) is 3.98. The molecule has 2 N–H and O–H groups in total. The molecule has 1 spiro atoms. The Balaban J connectivity index is 1.32. The number of piperidine rings is 1. The molecule has 1 aromatic rings. The molecule has 0 aromatic heterocycles. The van der Waals surface area contributed by atoms with Crippen LogP contribution in [0.25, 0.3) is 0 Å². The Morgan fingerprint density at radius 2 is 2.07 bits per heavy atom. The number of carbonyl (C=O) groups excluding carboxylic acids is 1. The van der Waals surface area contributed by atoms with Crippen LogP contribution >= 0.6 is 0 Å². The van der Waals surface area contributed by atoms with Gasteiger partial charge in [-0.15, -0.1) is 0 Å². The molecule has 1 amide bonds. The van der Waals surface area contributed by atoms with Crippen molar-refractivity contribution in [3.63, 3.8) is 0 Å². The summed E-state index contributed by atoms with van der Waals surface area (Å²) >= 11 is 0. The van der Waals surface area contributed by atoms with Gasteiger partial charge in [0.15, 0.2) is 0 Å². The fraction of sp³-hybridized carbons (Fsp3) is 0.667. The van der Waals surface area contributed by atoms with Crippen LogP contribution in [0.2, 0.25) is 0 Å². The number of amides is 1. The lowest BCUT2D eigenvalue weighted by molar-refractivity contribution is 0.0449. The number of hydrogen-bond donors (Lipinski definition) is 2. The zero-order valence-electron chi connectivity index (χ0n) is 16.1. The summed E-state index contributed by atoms with van der Waals surface area (Å²) in [5.74, 6) is -0.0180. The molecule has 27 heavy (non-hydrogen) atoms. The zero-order chi connectivity index (χ0) is 19.0. The van der Waals surface area contributed by atoms with Crippen LogP contribution in [-0.2, 0) is 4.74 Å². The Bertz CT molecular complexity index is 699. The molecule has 3 aliphatic heterocycles. The first-order valence-corrected chi connectivity index (χ1v) is 10.1. The molecular formula is C21H30N2O4. The summed E-state index contributed by atoms with van der Waals surface area (Å²) in [5, 5.41) is 19.7. The van der Waals surface area contributed by atoms with Crippen LogP contribution in [0.15, 0.2) is 18.2 Å². The number of β-amino-alcohol motifs (C(OH)–C–C–N with tert-alkyl or cyclic N) is 1. The minimum absolute atomic E-state index is 0.0583. The zero-order valence-corrected chi connectivity index (χ0v) is 16.1. The lowest BCUT2D eigenvalue weighted by Gasteiger charge is -2.38. The van der Waals surface area contributed by atoms with E-state index in [0.717, 1.165) is 57.5 Å². The van der Waals surface area contributed by atoms with Gasteiger partial charge >= 0.3 is 0 Å². The average molecular weight is 374 g/mol. The van der Waals surface area contributed by atoms with Crippen LogP contribution in [0.4, 0.5) is 0 Å². The predicted molar refractivity (Wildman–Crippen MR) is 102 cm³/mol. The summed E-state index contributed by atoms with van der Waals surface area (Å²) in [6.07, 6.45) is 3.85. The number of aromatic hydroxyl groups is 1. The van der Waals surface area contributed by atoms with E-state index in [9.17, 15) is 15.0 Å². The molecule has 3 heterocycles. The first-order chi connectivity index (χ1) is 12.9. The molecule has 3 fully saturated rings. The number of aryl methyl sites for hydroxylation is 1. The Morgan fingerprint density at radius 3 is 2.78 bits per heavy atom. The van der Waals surface area contributed by atoms with Gasteiger partial charge in [-0.2, -0.15) is 0 Å². The second-order valence-corrected chi connectivity index (χ2v) is 8.65. The van der Waals surface area contributed by atoms with Crippen molar-refractivity contribution in [3.8, 4) is 5.75 Å². The van der Waals surface area contributed by atoms with Gasteiger partial charge in [0.1, 0.15) is 5.75 Å². The van der Waals surface area contributed by atoms with E-state index in [4.69, 9.17) is 4.74 Å². The number of aliphatic hydroxyl groups excluding tert-OH is 1. The monoisotopic (exact) mass is 374 g/mol. The lowest BCUT2D eigenvalue weighted by atomic mass is 9.76. The molecular weight excluding hydrogens is 344 g/mol. The number of likely N-dealkylation sites (tertiary alicyclic amines) is 2. The minimum Gasteiger partial charge on any atom is -0.507 e. The average Bonchev–Trinajstić information content (AvgIpc) is 3.24. The molecule has 2 unspecified atom stereocenters. The van der Waals surface area contributed by atoms with Crippen molar-refractivity contribution < 1.29 is 19.7 Å². The summed E-state index contributed by atoms with van der Waals surface area (Å²) in [4.78, 5) is 17.0. The molecule has 148 valence electrons. The molecule has 0 bridgehead atoms. The predicted octanol–water partition coefficient (Wildman–Crippen LogP) is 1.78. The third-order valence-electron chi connectivity index (χ3n) is 6.49. The van der Waals surface area contributed by atoms with Crippen molar-refractivity contribution in [2.24, 2.45) is 5.41 Å². The first-order valence-electron chi connectivity index (χ1n) is 10.1. The van der Waals surface area contributed by atoms with Gasteiger partial charge in [0, 0.05) is 32.7 Å². The highest BCUT2D eigenvalue weighted by atomic mass is 16.5. The van der Waals surface area contributed by atoms with Gasteiger partial charge in [0.05, 0.1) is 24.4 Å². The third-order valence-corrected chi connectivity index (χ3v) is 6.49. The van der Waals surface area contributed by atoms with Crippen molar-refractivity contribution in [2.45, 2.75) is 44.8 Å². The number of hydrogen-bond acceptors (Lipinski definition) is 5. The van der Waals surface area contributed by atoms with Crippen molar-refractivity contribution >= 4 is 5.91 Å². The van der Waals surface area contributed by atoms with Gasteiger partial charge < -0.3 is 19.8 Å². The molecule has 1 aromatic carbocycles. The molecule has 2 atom stereocenters. The summed E-state index contributed by atoms with van der Waals surface area (Å²) in [5.41, 5.74) is 1.55. The molecule has 0 radical (unpaired) electrons. The topological polar surface area (TPSA) is 73.2 Å². The number of benzene rings is 1. The molecule has 3 saturated heterocycles. The fourth-order valence-electron chi connectivity index (χ4n) is 4.80. The van der Waals surface area contributed by atoms with Crippen molar-refractivity contribution in [1.82, 2.24) is 9.80 Å². The Morgan fingerprint density at radius 1 is 1.30 bits per heavy atom. The highest BCUT2D eigenvalue weighted by Gasteiger charge is 2.44. The van der Waals surface area contributed by atoms with Gasteiger partial charge in [-0.05, 0) is 50.2 Å². The van der Waals surface area contributed by atoms with Crippen LogP contribution in [-0.4, -0.2) is 77.5 Å². The van der Waals surface area contributed by atoms with E-state index < -0.39 is 0 Å². The van der Waals surface area contributed by atoms with E-state index in [-0.39, 0.29) is 29.3 Å². The number of nitrogens with zero attached hydrogens (tertiary/aromatic N) is 2. The van der Waals surface area contributed by atoms with Crippen molar-refractivity contribution in [2.75, 3.05) is 39.3 Å². The smallest absolute Gasteiger partial charge is 0.257 e. The minimum atomic E-state index is -0.187. The van der Waals surface area contributed by atoms with Gasteiger partial charge in [-0.25, -0.2) is 0 Å². The normalized spacial score (nSPS) is 28.1. The first kappa shape index (κ1) is 18.7. The van der Waals surface area contributed by atoms with E-state index in [0.29, 0.717) is 18.7 Å². The van der Waals surface area contributed by atoms with Gasteiger partial charge in [0.25, 0.3) is 5.91 Å². The number of aliphatic hydroxyl groups is 1. The largest absolute Gasteiger partial charge is 0.507 e. The van der Waals surface area contributed by atoms with E-state index in [1.807, 2.05) is 17.9 Å². The summed E-state index contributed by atoms with van der Waals surface area (Å²) in [7, 11) is 0. The second-order valence-electron chi connectivity index (χ2n) is 8.65. The standard InChI is InChI=1S/C21H30N2O4/c1-15-2-3-19(25)18(10-15)20(26)23-8-5-21(6-9-23)11-17(27-14-21)13-22-7-4-16(24)12-22/h2-3,10,16-17,24-25H,4-9,11-14H2,1H3. The van der Waals surface area contributed by atoms with Crippen LogP contribution < -0.4 is 0 Å². The van der Waals surface area contributed by atoms with E-state index in [1.54, 1.807) is 12.1 Å². The van der Waals surface area contributed by atoms with Crippen LogP contribution in [0.5, 0.6) is 5.75 Å². The second kappa shape index (κ2) is 7.41. The molecule has 4 rings (SSSR count). The molecule has 0 aliphatic carbocycles. The number of phenols is 1. The van der Waals surface area contributed by atoms with E-state index >= 15 is 0 Å². The van der Waals surface area contributed by atoms with Gasteiger partial charge in [0.2, 0.25) is 0 Å². The SMILES string of the molecule is Cc1ccc(O)c(C(=O)N2CCC3(CC2)COC(CN2CCC(O)C2)C3)c1. The van der Waals surface area contributed by atoms with Gasteiger partial charge in [-0.3, -0.25) is 9.69 Å². The summed E-state index contributed by atoms with van der Waals surface area (Å²) in [6.45, 7) is 6.74. The quantitative estimate of drug-likeness (QED) is 0.844. The number of carbonyl (C=O) groups is 1. The van der Waals surface area contributed by atoms with Crippen molar-refractivity contribution in [3.05, 3.63) is 29.3 Å². The highest BCUT2D eigenvalue weighted by molar-refractivity contribution is 5.97. The lowest BCUT2D eigenvalue weighted by Crippen LogP contribution is -2.43. The van der Waals surface area contributed by atoms with E-state index in [2.05, 4.69) is 4.90 Å². The maximum absolute atomic E-state index is 12.8. The Labute approximate surface area is 160 Å². The molecule has 0 saturated carbocycles. The maximum atomic E-state index is 12.8. The Kier molecular flexibility index (Phi) is 5.14. The van der Waals surface area contributed by atoms with Gasteiger partial charge in [-0.1, -0.05) is 11.6 Å². The van der Waals surface area contributed by atoms with Crippen LogP contribution in [0.3, 0.4) is 0 Å². The van der Waals surface area contributed by atoms with Crippen LogP contribution in [0.1, 0.15) is 41.6 Å². The fourth-order valence-corrected chi connectivity index (χ4v) is 4.80. The van der Waals surface area contributed by atoms with Crippen molar-refractivity contribution in [1.29, 1.82) is 0 Å². The molecule has 6 heteroatoms.